The highest BCUT2D eigenvalue weighted by Gasteiger charge is 2.41. The Morgan fingerprint density at radius 1 is 0.857 bits per heavy atom. The van der Waals surface area contributed by atoms with E-state index in [4.69, 9.17) is 0 Å². The Morgan fingerprint density at radius 2 is 1.32 bits per heavy atom. The predicted octanol–water partition coefficient (Wildman–Crippen LogP) is 5.93. The van der Waals surface area contributed by atoms with Gasteiger partial charge in [-0.25, -0.2) is 0 Å². The zero-order valence-electron chi connectivity index (χ0n) is 17.6. The largest absolute Gasteiger partial charge is 0.368 e. The van der Waals surface area contributed by atoms with Crippen LogP contribution in [0.2, 0.25) is 0 Å². The Bertz CT molecular complexity index is 656. The van der Waals surface area contributed by atoms with Gasteiger partial charge >= 0.3 is 0 Å². The lowest BCUT2D eigenvalue weighted by Crippen LogP contribution is -2.42. The number of allylic oxidation sites excluding steroid dienone is 2. The van der Waals surface area contributed by atoms with Crippen molar-refractivity contribution >= 4 is 0 Å². The first-order chi connectivity index (χ1) is 13.4. The minimum absolute atomic E-state index is 0.218. The Morgan fingerprint density at radius 3 is 1.71 bits per heavy atom. The first kappa shape index (κ1) is 22.4. The topological polar surface area (TPSA) is 40.5 Å². The monoisotopic (exact) mass is 380 g/mol. The van der Waals surface area contributed by atoms with Crippen LogP contribution in [0.3, 0.4) is 0 Å². The lowest BCUT2D eigenvalue weighted by molar-refractivity contribution is -0.164. The zero-order chi connectivity index (χ0) is 20.4. The molecule has 0 saturated carbocycles. The van der Waals surface area contributed by atoms with E-state index in [2.05, 4.69) is 75.4 Å². The highest BCUT2D eigenvalue weighted by molar-refractivity contribution is 5.17. The molecule has 0 aliphatic carbocycles. The van der Waals surface area contributed by atoms with E-state index < -0.39 is 11.7 Å². The molecule has 1 atom stereocenters. The molecule has 0 aliphatic heterocycles. The van der Waals surface area contributed by atoms with Crippen molar-refractivity contribution in [2.45, 2.75) is 65.6 Å². The van der Waals surface area contributed by atoms with Gasteiger partial charge in [-0.2, -0.15) is 0 Å². The van der Waals surface area contributed by atoms with Crippen molar-refractivity contribution in [1.82, 2.24) is 0 Å². The fraction of sp³-hybridized carbons (Fsp3) is 0.462. The van der Waals surface area contributed by atoms with Crippen LogP contribution >= 0.6 is 0 Å². The molecule has 28 heavy (non-hydrogen) atoms. The maximum Gasteiger partial charge on any atom is 0.157 e. The van der Waals surface area contributed by atoms with Crippen LogP contribution in [-0.2, 0) is 12.8 Å². The second-order valence-electron chi connectivity index (χ2n) is 8.34. The zero-order valence-corrected chi connectivity index (χ0v) is 17.6. The molecule has 0 heterocycles. The van der Waals surface area contributed by atoms with Crippen LogP contribution in [-0.4, -0.2) is 16.5 Å². The summed E-state index contributed by atoms with van der Waals surface area (Å²) in [7, 11) is 0. The van der Waals surface area contributed by atoms with Crippen molar-refractivity contribution in [3.05, 3.63) is 83.4 Å². The maximum absolute atomic E-state index is 10.5. The normalized spacial score (nSPS) is 12.8. The smallest absolute Gasteiger partial charge is 0.157 e. The summed E-state index contributed by atoms with van der Waals surface area (Å²) >= 11 is 0. The van der Waals surface area contributed by atoms with Crippen LogP contribution in [0.4, 0.5) is 0 Å². The van der Waals surface area contributed by atoms with Crippen molar-refractivity contribution in [3.63, 3.8) is 0 Å². The molecule has 0 aliphatic rings. The van der Waals surface area contributed by atoms with Gasteiger partial charge in [0.1, 0.15) is 0 Å². The van der Waals surface area contributed by atoms with E-state index in [1.807, 2.05) is 12.1 Å². The van der Waals surface area contributed by atoms with Crippen LogP contribution in [0.1, 0.15) is 57.6 Å². The van der Waals surface area contributed by atoms with Gasteiger partial charge < -0.3 is 10.2 Å². The van der Waals surface area contributed by atoms with Gasteiger partial charge in [0.05, 0.1) is 0 Å². The summed E-state index contributed by atoms with van der Waals surface area (Å²) in [5, 5.41) is 21.1. The van der Waals surface area contributed by atoms with Crippen LogP contribution < -0.4 is 0 Å². The van der Waals surface area contributed by atoms with E-state index >= 15 is 0 Å². The van der Waals surface area contributed by atoms with Crippen molar-refractivity contribution in [2.24, 2.45) is 11.3 Å². The van der Waals surface area contributed by atoms with Gasteiger partial charge in [0.2, 0.25) is 0 Å². The second-order valence-corrected chi connectivity index (χ2v) is 8.34. The Balaban J connectivity index is 2.19. The third-order valence-electron chi connectivity index (χ3n) is 6.09. The molecular formula is C26H36O2. The molecule has 0 fully saturated rings. The Labute approximate surface area is 170 Å². The SMILES string of the molecule is CC(C)=CCCC(C)C(CCc1ccccc1)(CCc1ccccc1)C(O)O. The van der Waals surface area contributed by atoms with E-state index in [9.17, 15) is 10.2 Å². The van der Waals surface area contributed by atoms with Crippen molar-refractivity contribution in [2.75, 3.05) is 0 Å². The summed E-state index contributed by atoms with van der Waals surface area (Å²) in [6.07, 6.45) is 6.15. The quantitative estimate of drug-likeness (QED) is 0.374. The van der Waals surface area contributed by atoms with Crippen LogP contribution in [0.5, 0.6) is 0 Å². The molecule has 1 unspecified atom stereocenters. The molecule has 0 amide bonds. The van der Waals surface area contributed by atoms with E-state index in [1.54, 1.807) is 0 Å². The highest BCUT2D eigenvalue weighted by atomic mass is 16.5. The number of hydrogen-bond acceptors (Lipinski definition) is 2. The third-order valence-corrected chi connectivity index (χ3v) is 6.09. The predicted molar refractivity (Wildman–Crippen MR) is 118 cm³/mol. The molecular weight excluding hydrogens is 344 g/mol. The first-order valence-corrected chi connectivity index (χ1v) is 10.5. The molecule has 0 aromatic heterocycles. The molecule has 0 radical (unpaired) electrons. The summed E-state index contributed by atoms with van der Waals surface area (Å²) in [6, 6.07) is 20.7. The van der Waals surface area contributed by atoms with E-state index in [-0.39, 0.29) is 5.92 Å². The fourth-order valence-corrected chi connectivity index (χ4v) is 4.08. The van der Waals surface area contributed by atoms with Gasteiger partial charge in [-0.1, -0.05) is 79.2 Å². The van der Waals surface area contributed by atoms with Gasteiger partial charge in [0.15, 0.2) is 6.29 Å². The van der Waals surface area contributed by atoms with Gasteiger partial charge in [0, 0.05) is 5.41 Å². The maximum atomic E-state index is 10.5. The number of rotatable bonds is 11. The first-order valence-electron chi connectivity index (χ1n) is 10.5. The lowest BCUT2D eigenvalue weighted by Gasteiger charge is -2.41. The number of hydrogen-bond donors (Lipinski definition) is 2. The Kier molecular flexibility index (Phi) is 8.95. The number of aliphatic hydroxyl groups is 2. The van der Waals surface area contributed by atoms with Crippen LogP contribution in [0, 0.1) is 11.3 Å². The van der Waals surface area contributed by atoms with Crippen molar-refractivity contribution in [1.29, 1.82) is 0 Å². The highest BCUT2D eigenvalue weighted by Crippen LogP contribution is 2.43. The average molecular weight is 381 g/mol. The Hall–Kier alpha value is -1.90. The number of aryl methyl sites for hydroxylation is 2. The van der Waals surface area contributed by atoms with Crippen molar-refractivity contribution in [3.8, 4) is 0 Å². The molecule has 2 heteroatoms. The van der Waals surface area contributed by atoms with Crippen molar-refractivity contribution < 1.29 is 10.2 Å². The fourth-order valence-electron chi connectivity index (χ4n) is 4.08. The van der Waals surface area contributed by atoms with Gasteiger partial charge in [0.25, 0.3) is 0 Å². The van der Waals surface area contributed by atoms with Crippen LogP contribution in [0.25, 0.3) is 0 Å². The standard InChI is InChI=1S/C26H36O2/c1-21(2)11-10-12-22(3)26(25(27)28,19-17-23-13-6-4-7-14-23)20-18-24-15-8-5-9-16-24/h4-9,11,13-16,22,25,27-28H,10,12,17-20H2,1-3H3. The average Bonchev–Trinajstić information content (AvgIpc) is 2.69. The lowest BCUT2D eigenvalue weighted by atomic mass is 9.66. The summed E-state index contributed by atoms with van der Waals surface area (Å²) in [6.45, 7) is 6.42. The summed E-state index contributed by atoms with van der Waals surface area (Å²) in [5.74, 6) is 0.218. The van der Waals surface area contributed by atoms with E-state index in [0.717, 1.165) is 38.5 Å². The number of benzene rings is 2. The van der Waals surface area contributed by atoms with Gasteiger partial charge in [-0.05, 0) is 69.4 Å². The minimum atomic E-state index is -1.32. The van der Waals surface area contributed by atoms with E-state index in [0.29, 0.717) is 0 Å². The van der Waals surface area contributed by atoms with Crippen LogP contribution in [0.15, 0.2) is 72.3 Å². The van der Waals surface area contributed by atoms with Gasteiger partial charge in [-0.15, -0.1) is 0 Å². The molecule has 152 valence electrons. The molecule has 0 saturated heterocycles. The molecule has 2 aromatic rings. The molecule has 2 rings (SSSR count). The summed E-state index contributed by atoms with van der Waals surface area (Å²) in [4.78, 5) is 0. The molecule has 2 nitrogen and oxygen atoms in total. The third kappa shape index (κ3) is 6.61. The molecule has 0 bridgehead atoms. The summed E-state index contributed by atoms with van der Waals surface area (Å²) in [5.41, 5.74) is 3.31. The summed E-state index contributed by atoms with van der Waals surface area (Å²) < 4.78 is 0. The molecule has 2 aromatic carbocycles. The molecule has 2 N–H and O–H groups in total. The minimum Gasteiger partial charge on any atom is -0.368 e. The van der Waals surface area contributed by atoms with E-state index in [1.165, 1.54) is 16.7 Å². The van der Waals surface area contributed by atoms with Gasteiger partial charge in [-0.3, -0.25) is 0 Å². The second kappa shape index (κ2) is 11.2. The molecule has 0 spiro atoms. The number of aliphatic hydroxyl groups excluding tert-OH is 1.